The van der Waals surface area contributed by atoms with E-state index in [1.54, 1.807) is 12.1 Å². The van der Waals surface area contributed by atoms with E-state index < -0.39 is 0 Å². The van der Waals surface area contributed by atoms with Gasteiger partial charge in [-0.3, -0.25) is 0 Å². The monoisotopic (exact) mass is 418 g/mol. The maximum absolute atomic E-state index is 12.5. The number of carbonyl (C=O) groups is 1. The third-order valence-corrected chi connectivity index (χ3v) is 4.81. The van der Waals surface area contributed by atoms with Crippen molar-refractivity contribution in [3.63, 3.8) is 0 Å². The van der Waals surface area contributed by atoms with Crippen LogP contribution in [0.25, 0.3) is 0 Å². The Morgan fingerprint density at radius 2 is 2.04 bits per heavy atom. The Balaban J connectivity index is 1.98. The van der Waals surface area contributed by atoms with Gasteiger partial charge in [0.2, 0.25) is 0 Å². The molecule has 0 saturated carbocycles. The van der Waals surface area contributed by atoms with E-state index in [9.17, 15) is 4.79 Å². The van der Waals surface area contributed by atoms with Crippen LogP contribution in [0.5, 0.6) is 5.75 Å². The average Bonchev–Trinajstić information content (AvgIpc) is 2.56. The zero-order valence-electron chi connectivity index (χ0n) is 14.1. The largest absolute Gasteiger partial charge is 0.491 e. The maximum Gasteiger partial charge on any atom is 0.321 e. The number of hydrogen-bond acceptors (Lipinski definition) is 3. The second-order valence-electron chi connectivity index (χ2n) is 5.72. The van der Waals surface area contributed by atoms with E-state index in [1.165, 1.54) is 0 Å². The van der Waals surface area contributed by atoms with E-state index in [0.717, 1.165) is 43.6 Å². The van der Waals surface area contributed by atoms with E-state index >= 15 is 0 Å². The van der Waals surface area contributed by atoms with Crippen LogP contribution in [0.15, 0.2) is 16.6 Å². The normalized spacial score (nSPS) is 15.4. The minimum atomic E-state index is -0.125. The fourth-order valence-corrected chi connectivity index (χ4v) is 3.65. The van der Waals surface area contributed by atoms with Gasteiger partial charge in [-0.25, -0.2) is 4.79 Å². The maximum atomic E-state index is 12.5. The number of hydrogen-bond donors (Lipinski definition) is 1. The fraction of sp³-hybridized carbons (Fsp3) is 0.588. The summed E-state index contributed by atoms with van der Waals surface area (Å²) in [5.41, 5.74) is 0.581. The molecule has 0 aliphatic carbocycles. The molecule has 1 aromatic rings. The second kappa shape index (κ2) is 9.49. The van der Waals surface area contributed by atoms with E-state index in [-0.39, 0.29) is 6.03 Å². The van der Waals surface area contributed by atoms with Crippen molar-refractivity contribution in [1.82, 2.24) is 4.90 Å². The molecule has 1 heterocycles. The Bertz CT molecular complexity index is 563. The minimum absolute atomic E-state index is 0.125. The highest BCUT2D eigenvalue weighted by Crippen LogP contribution is 2.37. The third kappa shape index (κ3) is 5.26. The quantitative estimate of drug-likeness (QED) is 0.722. The zero-order chi connectivity index (χ0) is 17.5. The van der Waals surface area contributed by atoms with Gasteiger partial charge in [-0.2, -0.15) is 0 Å². The Morgan fingerprint density at radius 3 is 2.67 bits per heavy atom. The Labute approximate surface area is 156 Å². The molecule has 7 heteroatoms. The Hall–Kier alpha value is -0.980. The highest BCUT2D eigenvalue weighted by Gasteiger charge is 2.24. The molecular weight excluding hydrogens is 396 g/mol. The number of benzene rings is 1. The number of piperidine rings is 1. The van der Waals surface area contributed by atoms with Crippen LogP contribution in [0, 0.1) is 5.92 Å². The molecule has 1 fully saturated rings. The summed E-state index contributed by atoms with van der Waals surface area (Å²) < 4.78 is 11.8. The summed E-state index contributed by atoms with van der Waals surface area (Å²) >= 11 is 9.52. The van der Waals surface area contributed by atoms with Crippen molar-refractivity contribution in [2.45, 2.75) is 26.7 Å². The summed E-state index contributed by atoms with van der Waals surface area (Å²) in [5, 5.41) is 3.46. The molecule has 1 aliphatic heterocycles. The standard InChI is InChI=1S/C17H24BrClN2O3/c1-3-23-11-12-5-7-21(8-6-12)17(22)20-15-10-13(19)9-14(18)16(15)24-4-2/h9-10,12H,3-8,11H2,1-2H3,(H,20,22). The van der Waals surface area contributed by atoms with Gasteiger partial charge in [0.1, 0.15) is 0 Å². The molecule has 0 atom stereocenters. The Kier molecular flexibility index (Phi) is 7.65. The predicted molar refractivity (Wildman–Crippen MR) is 100 cm³/mol. The minimum Gasteiger partial charge on any atom is -0.491 e. The van der Waals surface area contributed by atoms with E-state index in [2.05, 4.69) is 21.2 Å². The van der Waals surface area contributed by atoms with Crippen LogP contribution in [-0.2, 0) is 4.74 Å². The van der Waals surface area contributed by atoms with Crippen molar-refractivity contribution in [1.29, 1.82) is 0 Å². The number of nitrogens with zero attached hydrogens (tertiary/aromatic N) is 1. The molecule has 1 aromatic carbocycles. The molecule has 0 bridgehead atoms. The second-order valence-corrected chi connectivity index (χ2v) is 7.01. The summed E-state index contributed by atoms with van der Waals surface area (Å²) in [4.78, 5) is 14.4. The number of anilines is 1. The van der Waals surface area contributed by atoms with Crippen molar-refractivity contribution >= 4 is 39.2 Å². The number of likely N-dealkylation sites (tertiary alicyclic amines) is 1. The van der Waals surface area contributed by atoms with Crippen molar-refractivity contribution in [3.05, 3.63) is 21.6 Å². The van der Waals surface area contributed by atoms with Gasteiger partial charge < -0.3 is 19.7 Å². The molecule has 1 N–H and O–H groups in total. The number of nitrogens with one attached hydrogen (secondary N) is 1. The smallest absolute Gasteiger partial charge is 0.321 e. The number of rotatable bonds is 6. The molecule has 0 unspecified atom stereocenters. The van der Waals surface area contributed by atoms with Crippen LogP contribution in [0.1, 0.15) is 26.7 Å². The summed E-state index contributed by atoms with van der Waals surface area (Å²) in [6.07, 6.45) is 1.93. The van der Waals surface area contributed by atoms with Crippen LogP contribution in [0.2, 0.25) is 5.02 Å². The molecule has 1 saturated heterocycles. The molecule has 2 rings (SSSR count). The van der Waals surface area contributed by atoms with Crippen LogP contribution >= 0.6 is 27.5 Å². The molecule has 2 amide bonds. The van der Waals surface area contributed by atoms with Gasteiger partial charge in [0, 0.05) is 31.3 Å². The van der Waals surface area contributed by atoms with Crippen molar-refractivity contribution in [3.8, 4) is 5.75 Å². The first-order valence-electron chi connectivity index (χ1n) is 8.30. The lowest BCUT2D eigenvalue weighted by molar-refractivity contribution is 0.0819. The molecule has 1 aliphatic rings. The predicted octanol–water partition coefficient (Wildman–Crippen LogP) is 4.78. The van der Waals surface area contributed by atoms with Crippen LogP contribution < -0.4 is 10.1 Å². The van der Waals surface area contributed by atoms with Gasteiger partial charge in [-0.05, 0) is 60.7 Å². The lowest BCUT2D eigenvalue weighted by atomic mass is 9.98. The topological polar surface area (TPSA) is 50.8 Å². The molecule has 134 valence electrons. The number of urea groups is 1. The van der Waals surface area contributed by atoms with Gasteiger partial charge in [0.05, 0.1) is 16.8 Å². The fourth-order valence-electron chi connectivity index (χ4n) is 2.73. The summed E-state index contributed by atoms with van der Waals surface area (Å²) in [7, 11) is 0. The van der Waals surface area contributed by atoms with Gasteiger partial charge in [0.25, 0.3) is 0 Å². The van der Waals surface area contributed by atoms with Gasteiger partial charge in [-0.15, -0.1) is 0 Å². The first-order valence-corrected chi connectivity index (χ1v) is 9.47. The van der Waals surface area contributed by atoms with Crippen molar-refractivity contribution < 1.29 is 14.3 Å². The summed E-state index contributed by atoms with van der Waals surface area (Å²) in [6.45, 7) is 7.39. The summed E-state index contributed by atoms with van der Waals surface area (Å²) in [6, 6.07) is 3.33. The first kappa shape index (κ1) is 19.3. The van der Waals surface area contributed by atoms with Gasteiger partial charge >= 0.3 is 6.03 Å². The SMILES string of the molecule is CCOCC1CCN(C(=O)Nc2cc(Cl)cc(Br)c2OCC)CC1. The first-order chi connectivity index (χ1) is 11.5. The molecule has 5 nitrogen and oxygen atoms in total. The molecule has 24 heavy (non-hydrogen) atoms. The van der Waals surface area contributed by atoms with E-state index in [4.69, 9.17) is 21.1 Å². The highest BCUT2D eigenvalue weighted by molar-refractivity contribution is 9.10. The van der Waals surface area contributed by atoms with E-state index in [1.807, 2.05) is 18.7 Å². The number of ether oxygens (including phenoxy) is 2. The van der Waals surface area contributed by atoms with Crippen molar-refractivity contribution in [2.24, 2.45) is 5.92 Å². The van der Waals surface area contributed by atoms with Crippen LogP contribution in [0.3, 0.4) is 0 Å². The van der Waals surface area contributed by atoms with Gasteiger partial charge in [-0.1, -0.05) is 11.6 Å². The Morgan fingerprint density at radius 1 is 1.33 bits per heavy atom. The molecule has 0 aromatic heterocycles. The van der Waals surface area contributed by atoms with Crippen LogP contribution in [-0.4, -0.2) is 43.8 Å². The van der Waals surface area contributed by atoms with Crippen LogP contribution in [0.4, 0.5) is 10.5 Å². The lowest BCUT2D eigenvalue weighted by Crippen LogP contribution is -2.41. The highest BCUT2D eigenvalue weighted by atomic mass is 79.9. The molecule has 0 spiro atoms. The molecular formula is C17H24BrClN2O3. The zero-order valence-corrected chi connectivity index (χ0v) is 16.5. The number of carbonyl (C=O) groups excluding carboxylic acids is 1. The third-order valence-electron chi connectivity index (χ3n) is 4.00. The number of halogens is 2. The number of amides is 2. The van der Waals surface area contributed by atoms with Crippen molar-refractivity contribution in [2.75, 3.05) is 38.2 Å². The molecule has 0 radical (unpaired) electrons. The average molecular weight is 420 g/mol. The lowest BCUT2D eigenvalue weighted by Gasteiger charge is -2.32. The van der Waals surface area contributed by atoms with Gasteiger partial charge in [0.15, 0.2) is 5.75 Å². The van der Waals surface area contributed by atoms with E-state index in [0.29, 0.717) is 29.0 Å². The summed E-state index contributed by atoms with van der Waals surface area (Å²) in [5.74, 6) is 1.13.